The maximum atomic E-state index is 13.7. The molecule has 0 aliphatic heterocycles. The highest BCUT2D eigenvalue weighted by Gasteiger charge is 2.20. The summed E-state index contributed by atoms with van der Waals surface area (Å²) in [5, 5.41) is 9.46. The molecule has 0 saturated carbocycles. The summed E-state index contributed by atoms with van der Waals surface area (Å²) in [6.45, 7) is 1.94. The molecule has 0 spiro atoms. The van der Waals surface area contributed by atoms with Gasteiger partial charge in [-0.1, -0.05) is 18.5 Å². The highest BCUT2D eigenvalue weighted by Crippen LogP contribution is 2.38. The van der Waals surface area contributed by atoms with Gasteiger partial charge in [0.2, 0.25) is 0 Å². The maximum absolute atomic E-state index is 13.7. The third kappa shape index (κ3) is 2.16. The average molecular weight is 234 g/mol. The van der Waals surface area contributed by atoms with E-state index >= 15 is 0 Å². The normalized spacial score (nSPS) is 12.6. The highest BCUT2D eigenvalue weighted by atomic mass is 35.5. The van der Waals surface area contributed by atoms with Crippen molar-refractivity contribution >= 4 is 11.6 Å². The zero-order valence-electron chi connectivity index (χ0n) is 8.55. The molecule has 0 fully saturated rings. The third-order valence-electron chi connectivity index (χ3n) is 2.26. The number of phenolic OH excluding ortho intramolecular Hbond substituents is 1. The van der Waals surface area contributed by atoms with Crippen molar-refractivity contribution < 1.29 is 14.2 Å². The number of nitrogens with two attached hydrogens (primary N) is 1. The van der Waals surface area contributed by atoms with Crippen molar-refractivity contribution in [3.63, 3.8) is 0 Å². The number of aromatic hydroxyl groups is 1. The minimum absolute atomic E-state index is 0.111. The summed E-state index contributed by atoms with van der Waals surface area (Å²) < 4.78 is 18.5. The van der Waals surface area contributed by atoms with Crippen LogP contribution in [0.5, 0.6) is 11.5 Å². The van der Waals surface area contributed by atoms with Gasteiger partial charge in [-0.05, 0) is 12.5 Å². The van der Waals surface area contributed by atoms with Gasteiger partial charge in [-0.25, -0.2) is 4.39 Å². The Labute approximate surface area is 92.6 Å². The van der Waals surface area contributed by atoms with Crippen LogP contribution in [0.4, 0.5) is 4.39 Å². The standard InChI is InChI=1S/C10H13ClFNO2/c1-5(4-13)8-6(14)3-7(15-2)9(11)10(8)12/h3,5,14H,4,13H2,1-2H3. The first-order valence-electron chi connectivity index (χ1n) is 4.47. The van der Waals surface area contributed by atoms with Gasteiger partial charge >= 0.3 is 0 Å². The lowest BCUT2D eigenvalue weighted by Crippen LogP contribution is -2.11. The summed E-state index contributed by atoms with van der Waals surface area (Å²) in [4.78, 5) is 0. The highest BCUT2D eigenvalue weighted by molar-refractivity contribution is 6.32. The van der Waals surface area contributed by atoms with Gasteiger partial charge in [0.05, 0.1) is 7.11 Å². The van der Waals surface area contributed by atoms with Crippen LogP contribution in [-0.4, -0.2) is 18.8 Å². The molecular weight excluding hydrogens is 221 g/mol. The van der Waals surface area contributed by atoms with E-state index in [2.05, 4.69) is 0 Å². The Bertz CT molecular complexity index is 371. The quantitative estimate of drug-likeness (QED) is 0.842. The van der Waals surface area contributed by atoms with Crippen LogP contribution in [0.3, 0.4) is 0 Å². The van der Waals surface area contributed by atoms with E-state index in [4.69, 9.17) is 22.1 Å². The van der Waals surface area contributed by atoms with E-state index in [0.717, 1.165) is 0 Å². The van der Waals surface area contributed by atoms with Crippen molar-refractivity contribution in [3.8, 4) is 11.5 Å². The summed E-state index contributed by atoms with van der Waals surface area (Å²) in [5.74, 6) is -1.05. The maximum Gasteiger partial charge on any atom is 0.152 e. The second-order valence-corrected chi connectivity index (χ2v) is 3.65. The van der Waals surface area contributed by atoms with Gasteiger partial charge in [0, 0.05) is 11.6 Å². The van der Waals surface area contributed by atoms with Crippen molar-refractivity contribution in [1.82, 2.24) is 0 Å². The SMILES string of the molecule is COc1cc(O)c(C(C)CN)c(F)c1Cl. The number of hydrogen-bond acceptors (Lipinski definition) is 3. The first-order valence-corrected chi connectivity index (χ1v) is 4.85. The fraction of sp³-hybridized carbons (Fsp3) is 0.400. The van der Waals surface area contributed by atoms with E-state index in [1.165, 1.54) is 13.2 Å². The van der Waals surface area contributed by atoms with Gasteiger partial charge in [-0.3, -0.25) is 0 Å². The number of methoxy groups -OCH3 is 1. The Kier molecular flexibility index (Phi) is 3.77. The second-order valence-electron chi connectivity index (χ2n) is 3.28. The van der Waals surface area contributed by atoms with Crippen molar-refractivity contribution in [2.75, 3.05) is 13.7 Å². The number of halogens is 2. The number of ether oxygens (including phenoxy) is 1. The fourth-order valence-electron chi connectivity index (χ4n) is 1.34. The fourth-order valence-corrected chi connectivity index (χ4v) is 1.57. The first kappa shape index (κ1) is 12.1. The van der Waals surface area contributed by atoms with Crippen LogP contribution in [0, 0.1) is 5.82 Å². The molecule has 1 aromatic rings. The van der Waals surface area contributed by atoms with Gasteiger partial charge in [0.1, 0.15) is 16.5 Å². The van der Waals surface area contributed by atoms with Crippen LogP contribution in [0.1, 0.15) is 18.4 Å². The van der Waals surface area contributed by atoms with Gasteiger partial charge in [0.15, 0.2) is 5.82 Å². The minimum atomic E-state index is -0.675. The predicted molar refractivity (Wildman–Crippen MR) is 57.1 cm³/mol. The molecule has 3 N–H and O–H groups in total. The van der Waals surface area contributed by atoms with Crippen molar-refractivity contribution in [3.05, 3.63) is 22.5 Å². The lowest BCUT2D eigenvalue weighted by molar-refractivity contribution is 0.398. The Morgan fingerprint density at radius 3 is 2.73 bits per heavy atom. The van der Waals surface area contributed by atoms with Gasteiger partial charge < -0.3 is 15.6 Å². The Morgan fingerprint density at radius 1 is 1.67 bits per heavy atom. The third-order valence-corrected chi connectivity index (χ3v) is 2.61. The Balaban J connectivity index is 3.35. The molecule has 84 valence electrons. The summed E-state index contributed by atoms with van der Waals surface area (Å²) >= 11 is 5.72. The number of benzene rings is 1. The summed E-state index contributed by atoms with van der Waals surface area (Å²) in [6, 6.07) is 1.28. The van der Waals surface area contributed by atoms with Crippen LogP contribution in [0.15, 0.2) is 6.07 Å². The zero-order valence-corrected chi connectivity index (χ0v) is 9.31. The predicted octanol–water partition coefficient (Wildman–Crippen LogP) is 2.26. The monoisotopic (exact) mass is 233 g/mol. The van der Waals surface area contributed by atoms with E-state index in [0.29, 0.717) is 0 Å². The molecule has 0 aliphatic rings. The molecule has 0 heterocycles. The van der Waals surface area contributed by atoms with Crippen molar-refractivity contribution in [1.29, 1.82) is 0 Å². The molecule has 0 amide bonds. The lowest BCUT2D eigenvalue weighted by Gasteiger charge is -2.15. The van der Waals surface area contributed by atoms with Crippen LogP contribution >= 0.6 is 11.6 Å². The molecule has 1 rings (SSSR count). The summed E-state index contributed by atoms with van der Waals surface area (Å²) in [6.07, 6.45) is 0. The van der Waals surface area contributed by atoms with E-state index < -0.39 is 5.82 Å². The average Bonchev–Trinajstić information content (AvgIpc) is 2.23. The van der Waals surface area contributed by atoms with E-state index in [9.17, 15) is 9.50 Å². The van der Waals surface area contributed by atoms with E-state index in [-0.39, 0.29) is 34.5 Å². The van der Waals surface area contributed by atoms with Crippen molar-refractivity contribution in [2.24, 2.45) is 5.73 Å². The summed E-state index contributed by atoms with van der Waals surface area (Å²) in [5.41, 5.74) is 5.54. The molecule has 15 heavy (non-hydrogen) atoms. The van der Waals surface area contributed by atoms with Crippen LogP contribution in [0.25, 0.3) is 0 Å². The first-order chi connectivity index (χ1) is 7.02. The van der Waals surface area contributed by atoms with Gasteiger partial charge in [-0.2, -0.15) is 0 Å². The molecular formula is C10H13ClFNO2. The van der Waals surface area contributed by atoms with Crippen LogP contribution < -0.4 is 10.5 Å². The molecule has 5 heteroatoms. The number of rotatable bonds is 3. The molecule has 0 saturated heterocycles. The van der Waals surface area contributed by atoms with Crippen LogP contribution in [0.2, 0.25) is 5.02 Å². The second kappa shape index (κ2) is 4.68. The number of hydrogen-bond donors (Lipinski definition) is 2. The topological polar surface area (TPSA) is 55.5 Å². The van der Waals surface area contributed by atoms with Crippen molar-refractivity contribution in [2.45, 2.75) is 12.8 Å². The Morgan fingerprint density at radius 2 is 2.27 bits per heavy atom. The molecule has 0 bridgehead atoms. The molecule has 3 nitrogen and oxygen atoms in total. The largest absolute Gasteiger partial charge is 0.507 e. The van der Waals surface area contributed by atoms with E-state index in [1.807, 2.05) is 0 Å². The Hall–Kier alpha value is -1.00. The molecule has 0 radical (unpaired) electrons. The zero-order chi connectivity index (χ0) is 11.6. The van der Waals surface area contributed by atoms with Gasteiger partial charge in [-0.15, -0.1) is 0 Å². The lowest BCUT2D eigenvalue weighted by atomic mass is 9.99. The molecule has 1 atom stereocenters. The van der Waals surface area contributed by atoms with E-state index in [1.54, 1.807) is 6.92 Å². The smallest absolute Gasteiger partial charge is 0.152 e. The van der Waals surface area contributed by atoms with Gasteiger partial charge in [0.25, 0.3) is 0 Å². The molecule has 1 unspecified atom stereocenters. The summed E-state index contributed by atoms with van der Waals surface area (Å²) in [7, 11) is 1.35. The molecule has 0 aromatic heterocycles. The molecule has 0 aliphatic carbocycles. The molecule has 1 aromatic carbocycles. The number of phenols is 1. The minimum Gasteiger partial charge on any atom is -0.507 e. The van der Waals surface area contributed by atoms with Crippen LogP contribution in [-0.2, 0) is 0 Å².